The van der Waals surface area contributed by atoms with Crippen molar-refractivity contribution in [2.75, 3.05) is 6.26 Å². The van der Waals surface area contributed by atoms with E-state index in [1.807, 2.05) is 18.2 Å². The number of hydrogen-bond donors (Lipinski definition) is 0. The third-order valence-electron chi connectivity index (χ3n) is 4.94. The first-order valence-corrected chi connectivity index (χ1v) is 11.0. The van der Waals surface area contributed by atoms with Crippen LogP contribution in [0.5, 0.6) is 5.75 Å². The van der Waals surface area contributed by atoms with Crippen LogP contribution < -0.4 is 4.74 Å². The number of para-hydroxylation sites is 1. The second-order valence-corrected chi connectivity index (χ2v) is 9.31. The molecular formula is C22H17FO3S2. The topological polar surface area (TPSA) is 43.4 Å². The van der Waals surface area contributed by atoms with Crippen LogP contribution >= 0.6 is 12.2 Å². The van der Waals surface area contributed by atoms with Crippen LogP contribution in [0.3, 0.4) is 0 Å². The normalized spacial score (nSPS) is 19.0. The molecule has 4 rings (SSSR count). The van der Waals surface area contributed by atoms with Crippen molar-refractivity contribution in [3.05, 3.63) is 95.3 Å². The Kier molecular flexibility index (Phi) is 4.56. The van der Waals surface area contributed by atoms with Gasteiger partial charge in [0, 0.05) is 34.2 Å². The molecule has 1 unspecified atom stereocenters. The van der Waals surface area contributed by atoms with Gasteiger partial charge < -0.3 is 4.74 Å². The molecule has 6 heteroatoms. The van der Waals surface area contributed by atoms with E-state index in [-0.39, 0.29) is 11.3 Å². The van der Waals surface area contributed by atoms with Gasteiger partial charge in [-0.1, -0.05) is 60.7 Å². The highest BCUT2D eigenvalue weighted by molar-refractivity contribution is 7.90. The lowest BCUT2D eigenvalue weighted by molar-refractivity contribution is 0.109. The Morgan fingerprint density at radius 3 is 2.29 bits per heavy atom. The third kappa shape index (κ3) is 3.12. The first-order valence-electron chi connectivity index (χ1n) is 8.68. The summed E-state index contributed by atoms with van der Waals surface area (Å²) in [7, 11) is -3.34. The number of sulfone groups is 1. The monoisotopic (exact) mass is 412 g/mol. The summed E-state index contributed by atoms with van der Waals surface area (Å²) in [6.45, 7) is 0. The van der Waals surface area contributed by atoms with Crippen molar-refractivity contribution in [1.29, 1.82) is 0 Å². The zero-order valence-corrected chi connectivity index (χ0v) is 16.7. The lowest BCUT2D eigenvalue weighted by Gasteiger charge is -2.40. The highest BCUT2D eigenvalue weighted by atomic mass is 32.2. The van der Waals surface area contributed by atoms with Gasteiger partial charge >= 0.3 is 0 Å². The van der Waals surface area contributed by atoms with Crippen molar-refractivity contribution in [1.82, 2.24) is 0 Å². The summed E-state index contributed by atoms with van der Waals surface area (Å²) in [5, 5.41) is 0. The highest BCUT2D eigenvalue weighted by Crippen LogP contribution is 2.45. The maximum Gasteiger partial charge on any atom is 0.175 e. The van der Waals surface area contributed by atoms with Crippen molar-refractivity contribution in [2.45, 2.75) is 16.9 Å². The maximum atomic E-state index is 14.9. The fraction of sp³-hybridized carbons (Fsp3) is 0.136. The Morgan fingerprint density at radius 2 is 1.61 bits per heavy atom. The van der Waals surface area contributed by atoms with Gasteiger partial charge in [0.25, 0.3) is 0 Å². The fourth-order valence-electron chi connectivity index (χ4n) is 3.56. The van der Waals surface area contributed by atoms with Crippen molar-refractivity contribution in [3.8, 4) is 5.75 Å². The van der Waals surface area contributed by atoms with Gasteiger partial charge in [0.05, 0.1) is 4.90 Å². The number of ether oxygens (including phenoxy) is 1. The number of halogens is 1. The van der Waals surface area contributed by atoms with E-state index in [1.54, 1.807) is 36.4 Å². The van der Waals surface area contributed by atoms with Gasteiger partial charge in [0.1, 0.15) is 11.6 Å². The van der Waals surface area contributed by atoms with Crippen molar-refractivity contribution in [2.24, 2.45) is 0 Å². The molecule has 142 valence electrons. The van der Waals surface area contributed by atoms with Gasteiger partial charge in [-0.05, 0) is 24.3 Å². The molecule has 1 atom stereocenters. The lowest BCUT2D eigenvalue weighted by atomic mass is 9.79. The lowest BCUT2D eigenvalue weighted by Crippen LogP contribution is -2.41. The highest BCUT2D eigenvalue weighted by Gasteiger charge is 2.43. The summed E-state index contributed by atoms with van der Waals surface area (Å²) < 4.78 is 44.9. The Balaban J connectivity index is 1.94. The molecule has 28 heavy (non-hydrogen) atoms. The van der Waals surface area contributed by atoms with Gasteiger partial charge in [0.2, 0.25) is 0 Å². The molecule has 0 fully saturated rings. The third-order valence-corrected chi connectivity index (χ3v) is 6.43. The van der Waals surface area contributed by atoms with Crippen molar-refractivity contribution < 1.29 is 17.5 Å². The van der Waals surface area contributed by atoms with E-state index >= 15 is 0 Å². The van der Waals surface area contributed by atoms with Gasteiger partial charge in [-0.2, -0.15) is 0 Å². The van der Waals surface area contributed by atoms with Crippen molar-refractivity contribution in [3.63, 3.8) is 0 Å². The summed E-state index contributed by atoms with van der Waals surface area (Å²) in [4.78, 5) is 0.857. The smallest absolute Gasteiger partial charge is 0.175 e. The van der Waals surface area contributed by atoms with E-state index in [4.69, 9.17) is 17.0 Å². The fourth-order valence-corrected chi connectivity index (χ4v) is 4.56. The SMILES string of the molecule is CS(=O)(=O)c1ccc(C2(c3ccccc3F)CC(=S)c3ccccc3O2)cc1. The van der Waals surface area contributed by atoms with Crippen LogP contribution in [0, 0.1) is 5.82 Å². The molecule has 0 N–H and O–H groups in total. The Hall–Kier alpha value is -2.57. The van der Waals surface area contributed by atoms with E-state index in [0.29, 0.717) is 21.7 Å². The van der Waals surface area contributed by atoms with Crippen LogP contribution in [0.25, 0.3) is 0 Å². The van der Waals surface area contributed by atoms with Gasteiger partial charge in [-0.25, -0.2) is 12.8 Å². The molecule has 0 radical (unpaired) electrons. The molecule has 3 aromatic rings. The molecule has 1 aliphatic heterocycles. The molecule has 1 aliphatic rings. The second kappa shape index (κ2) is 6.79. The minimum Gasteiger partial charge on any atom is -0.477 e. The molecular weight excluding hydrogens is 395 g/mol. The minimum atomic E-state index is -3.34. The number of thiocarbonyl (C=S) groups is 1. The Morgan fingerprint density at radius 1 is 0.964 bits per heavy atom. The number of benzene rings is 3. The van der Waals surface area contributed by atoms with Crippen LogP contribution in [0.2, 0.25) is 0 Å². The van der Waals surface area contributed by atoms with Crippen LogP contribution in [0.15, 0.2) is 77.7 Å². The van der Waals surface area contributed by atoms with Crippen molar-refractivity contribution >= 4 is 26.9 Å². The van der Waals surface area contributed by atoms with Crippen LogP contribution in [0.1, 0.15) is 23.1 Å². The summed E-state index contributed by atoms with van der Waals surface area (Å²) in [5.74, 6) is 0.172. The molecule has 3 aromatic carbocycles. The van der Waals surface area contributed by atoms with Crippen LogP contribution in [-0.4, -0.2) is 19.5 Å². The first kappa shape index (κ1) is 18.8. The zero-order chi connectivity index (χ0) is 19.9. The molecule has 0 aromatic heterocycles. The van der Waals surface area contributed by atoms with Gasteiger partial charge in [-0.15, -0.1) is 0 Å². The van der Waals surface area contributed by atoms with Gasteiger partial charge in [-0.3, -0.25) is 0 Å². The molecule has 0 bridgehead atoms. The van der Waals surface area contributed by atoms with Crippen LogP contribution in [0.4, 0.5) is 4.39 Å². The van der Waals surface area contributed by atoms with E-state index in [2.05, 4.69) is 0 Å². The largest absolute Gasteiger partial charge is 0.477 e. The molecule has 0 saturated carbocycles. The zero-order valence-electron chi connectivity index (χ0n) is 15.1. The quantitative estimate of drug-likeness (QED) is 0.586. The van der Waals surface area contributed by atoms with E-state index in [1.165, 1.54) is 18.2 Å². The predicted molar refractivity (Wildman–Crippen MR) is 110 cm³/mol. The van der Waals surface area contributed by atoms with E-state index in [9.17, 15) is 12.8 Å². The molecule has 3 nitrogen and oxygen atoms in total. The second-order valence-electron chi connectivity index (χ2n) is 6.80. The van der Waals surface area contributed by atoms with E-state index < -0.39 is 21.3 Å². The first-order chi connectivity index (χ1) is 13.3. The van der Waals surface area contributed by atoms with Crippen LogP contribution in [-0.2, 0) is 15.4 Å². The average Bonchev–Trinajstić information content (AvgIpc) is 2.68. The molecule has 1 heterocycles. The molecule has 0 amide bonds. The standard InChI is InChI=1S/C22H17FO3S2/c1-28(24,25)16-12-10-15(11-13-16)22(18-7-3-4-8-19(18)23)14-21(27)17-6-2-5-9-20(17)26-22/h2-13H,14H2,1H3. The summed E-state index contributed by atoms with van der Waals surface area (Å²) in [6, 6.07) is 20.2. The summed E-state index contributed by atoms with van der Waals surface area (Å²) >= 11 is 5.64. The predicted octanol–water partition coefficient (Wildman–Crippen LogP) is 4.67. The van der Waals surface area contributed by atoms with Gasteiger partial charge in [0.15, 0.2) is 15.4 Å². The summed E-state index contributed by atoms with van der Waals surface area (Å²) in [6.07, 6.45) is 1.43. The average molecular weight is 413 g/mol. The molecule has 0 saturated heterocycles. The summed E-state index contributed by atoms with van der Waals surface area (Å²) in [5.41, 5.74) is 0.644. The Bertz CT molecular complexity index is 1170. The molecule has 0 aliphatic carbocycles. The van der Waals surface area contributed by atoms with E-state index in [0.717, 1.165) is 11.8 Å². The number of rotatable bonds is 3. The number of fused-ring (bicyclic) bond motifs is 1. The minimum absolute atomic E-state index is 0.193. The Labute approximate surface area is 168 Å². The number of hydrogen-bond acceptors (Lipinski definition) is 4. The molecule has 0 spiro atoms. The maximum absolute atomic E-state index is 14.9.